The zero-order valence-corrected chi connectivity index (χ0v) is 9.49. The number of ether oxygens (including phenoxy) is 1. The van der Waals surface area contributed by atoms with E-state index in [0.29, 0.717) is 17.9 Å². The Balaban J connectivity index is 1.91. The Hall–Kier alpha value is -2.10. The second-order valence-electron chi connectivity index (χ2n) is 4.19. The summed E-state index contributed by atoms with van der Waals surface area (Å²) in [4.78, 5) is 0. The van der Waals surface area contributed by atoms with Crippen molar-refractivity contribution in [3.05, 3.63) is 59.7 Å². The summed E-state index contributed by atoms with van der Waals surface area (Å²) in [6, 6.07) is 10.9. The molecule has 0 fully saturated rings. The van der Waals surface area contributed by atoms with Crippen molar-refractivity contribution in [3.63, 3.8) is 0 Å². The predicted molar refractivity (Wildman–Crippen MR) is 64.7 cm³/mol. The molecule has 1 heterocycles. The number of rotatable bonds is 1. The van der Waals surface area contributed by atoms with Crippen LogP contribution in [0.5, 0.6) is 5.75 Å². The number of halogens is 2. The topological polar surface area (TPSA) is 21.3 Å². The maximum Gasteiger partial charge on any atom is 0.143 e. The fraction of sp³-hybridized carbons (Fsp3) is 0.143. The third-order valence-corrected chi connectivity index (χ3v) is 2.89. The molecule has 1 aliphatic heterocycles. The molecule has 0 aromatic heterocycles. The highest BCUT2D eigenvalue weighted by molar-refractivity contribution is 5.58. The van der Waals surface area contributed by atoms with Crippen LogP contribution in [-0.2, 0) is 0 Å². The summed E-state index contributed by atoms with van der Waals surface area (Å²) >= 11 is 0. The van der Waals surface area contributed by atoms with Gasteiger partial charge in [0.2, 0.25) is 0 Å². The SMILES string of the molecule is Fc1cc(F)cc(C2CNc3ccccc3O2)c1. The van der Waals surface area contributed by atoms with Gasteiger partial charge in [0.1, 0.15) is 23.5 Å². The van der Waals surface area contributed by atoms with Crippen LogP contribution in [-0.4, -0.2) is 6.54 Å². The highest BCUT2D eigenvalue weighted by Crippen LogP contribution is 2.33. The van der Waals surface area contributed by atoms with Gasteiger partial charge in [-0.3, -0.25) is 0 Å². The number of benzene rings is 2. The monoisotopic (exact) mass is 247 g/mol. The Kier molecular flexibility index (Phi) is 2.63. The zero-order chi connectivity index (χ0) is 12.5. The quantitative estimate of drug-likeness (QED) is 0.832. The van der Waals surface area contributed by atoms with E-state index in [-0.39, 0.29) is 6.10 Å². The molecular formula is C14H11F2NO. The van der Waals surface area contributed by atoms with E-state index >= 15 is 0 Å². The van der Waals surface area contributed by atoms with E-state index in [2.05, 4.69) is 5.32 Å². The van der Waals surface area contributed by atoms with Gasteiger partial charge in [-0.25, -0.2) is 8.78 Å². The molecule has 0 spiro atoms. The van der Waals surface area contributed by atoms with Crippen LogP contribution in [0.1, 0.15) is 11.7 Å². The second-order valence-corrected chi connectivity index (χ2v) is 4.19. The van der Waals surface area contributed by atoms with Gasteiger partial charge >= 0.3 is 0 Å². The molecule has 0 aliphatic carbocycles. The van der Waals surface area contributed by atoms with Crippen LogP contribution in [0.25, 0.3) is 0 Å². The molecule has 0 saturated carbocycles. The molecule has 0 saturated heterocycles. The average Bonchev–Trinajstić information content (AvgIpc) is 2.37. The lowest BCUT2D eigenvalue weighted by molar-refractivity contribution is 0.209. The molecule has 1 aliphatic rings. The van der Waals surface area contributed by atoms with E-state index in [4.69, 9.17) is 4.74 Å². The van der Waals surface area contributed by atoms with Crippen molar-refractivity contribution < 1.29 is 13.5 Å². The first-order chi connectivity index (χ1) is 8.72. The molecule has 1 atom stereocenters. The maximum absolute atomic E-state index is 13.2. The van der Waals surface area contributed by atoms with Crippen molar-refractivity contribution in [2.24, 2.45) is 0 Å². The molecule has 18 heavy (non-hydrogen) atoms. The third kappa shape index (κ3) is 2.01. The lowest BCUT2D eigenvalue weighted by atomic mass is 10.1. The van der Waals surface area contributed by atoms with Crippen LogP contribution in [0.4, 0.5) is 14.5 Å². The number of hydrogen-bond donors (Lipinski definition) is 1. The van der Waals surface area contributed by atoms with Crippen molar-refractivity contribution in [1.29, 1.82) is 0 Å². The smallest absolute Gasteiger partial charge is 0.143 e. The standard InChI is InChI=1S/C14H11F2NO/c15-10-5-9(6-11(16)7-10)14-8-17-12-3-1-2-4-13(12)18-14/h1-7,14,17H,8H2. The summed E-state index contributed by atoms with van der Waals surface area (Å²) < 4.78 is 32.1. The molecule has 92 valence electrons. The zero-order valence-electron chi connectivity index (χ0n) is 9.49. The van der Waals surface area contributed by atoms with Gasteiger partial charge in [-0.05, 0) is 29.8 Å². The Morgan fingerprint density at radius 1 is 1.06 bits per heavy atom. The Morgan fingerprint density at radius 2 is 1.78 bits per heavy atom. The molecule has 3 rings (SSSR count). The molecule has 0 amide bonds. The molecule has 4 heteroatoms. The van der Waals surface area contributed by atoms with Gasteiger partial charge in [0.05, 0.1) is 12.2 Å². The molecule has 2 nitrogen and oxygen atoms in total. The van der Waals surface area contributed by atoms with Crippen molar-refractivity contribution >= 4 is 5.69 Å². The maximum atomic E-state index is 13.2. The second kappa shape index (κ2) is 4.29. The van der Waals surface area contributed by atoms with Crippen LogP contribution in [0.3, 0.4) is 0 Å². The number of nitrogens with one attached hydrogen (secondary N) is 1. The third-order valence-electron chi connectivity index (χ3n) is 2.89. The lowest BCUT2D eigenvalue weighted by Crippen LogP contribution is -2.23. The number of anilines is 1. The largest absolute Gasteiger partial charge is 0.482 e. The summed E-state index contributed by atoms with van der Waals surface area (Å²) in [5.74, 6) is -0.488. The van der Waals surface area contributed by atoms with Gasteiger partial charge < -0.3 is 10.1 Å². The molecule has 0 bridgehead atoms. The van der Waals surface area contributed by atoms with E-state index in [1.807, 2.05) is 24.3 Å². The number of fused-ring (bicyclic) bond motifs is 1. The minimum absolute atomic E-state index is 0.384. The van der Waals surface area contributed by atoms with Crippen LogP contribution >= 0.6 is 0 Å². The Bertz CT molecular complexity index is 566. The molecule has 2 aromatic rings. The Morgan fingerprint density at radius 3 is 2.56 bits per heavy atom. The summed E-state index contributed by atoms with van der Waals surface area (Å²) in [5.41, 5.74) is 1.39. The fourth-order valence-corrected chi connectivity index (χ4v) is 2.06. The highest BCUT2D eigenvalue weighted by Gasteiger charge is 2.21. The predicted octanol–water partition coefficient (Wildman–Crippen LogP) is 3.51. The van der Waals surface area contributed by atoms with Gasteiger partial charge in [0.25, 0.3) is 0 Å². The lowest BCUT2D eigenvalue weighted by Gasteiger charge is -2.27. The van der Waals surface area contributed by atoms with E-state index in [1.165, 1.54) is 12.1 Å². The van der Waals surface area contributed by atoms with Crippen LogP contribution in [0.2, 0.25) is 0 Å². The molecular weight excluding hydrogens is 236 g/mol. The summed E-state index contributed by atoms with van der Waals surface area (Å²) in [6.45, 7) is 0.486. The first kappa shape index (κ1) is 11.0. The minimum atomic E-state index is -0.590. The van der Waals surface area contributed by atoms with E-state index in [1.54, 1.807) is 0 Å². The average molecular weight is 247 g/mol. The van der Waals surface area contributed by atoms with Crippen molar-refractivity contribution in [2.75, 3.05) is 11.9 Å². The summed E-state index contributed by atoms with van der Waals surface area (Å²) in [6.07, 6.45) is -0.384. The van der Waals surface area contributed by atoms with Gasteiger partial charge in [0.15, 0.2) is 0 Å². The Labute approximate surface area is 103 Å². The number of hydrogen-bond acceptors (Lipinski definition) is 2. The van der Waals surface area contributed by atoms with E-state index in [9.17, 15) is 8.78 Å². The summed E-state index contributed by atoms with van der Waals surface area (Å²) in [5, 5.41) is 3.18. The van der Waals surface area contributed by atoms with Gasteiger partial charge in [-0.15, -0.1) is 0 Å². The van der Waals surface area contributed by atoms with Gasteiger partial charge in [-0.1, -0.05) is 12.1 Å². The molecule has 0 radical (unpaired) electrons. The highest BCUT2D eigenvalue weighted by atomic mass is 19.1. The van der Waals surface area contributed by atoms with Crippen LogP contribution < -0.4 is 10.1 Å². The van der Waals surface area contributed by atoms with Gasteiger partial charge in [-0.2, -0.15) is 0 Å². The molecule has 1 N–H and O–H groups in total. The molecule has 1 unspecified atom stereocenters. The first-order valence-electron chi connectivity index (χ1n) is 5.68. The first-order valence-corrected chi connectivity index (χ1v) is 5.68. The van der Waals surface area contributed by atoms with Gasteiger partial charge in [0, 0.05) is 6.07 Å². The molecule has 2 aromatic carbocycles. The normalized spacial score (nSPS) is 17.6. The van der Waals surface area contributed by atoms with E-state index in [0.717, 1.165) is 11.8 Å². The van der Waals surface area contributed by atoms with Crippen LogP contribution in [0.15, 0.2) is 42.5 Å². The van der Waals surface area contributed by atoms with Crippen LogP contribution in [0, 0.1) is 11.6 Å². The minimum Gasteiger partial charge on any atom is -0.482 e. The van der Waals surface area contributed by atoms with Crippen molar-refractivity contribution in [3.8, 4) is 5.75 Å². The number of para-hydroxylation sites is 2. The van der Waals surface area contributed by atoms with E-state index < -0.39 is 11.6 Å². The van der Waals surface area contributed by atoms with Crippen molar-refractivity contribution in [1.82, 2.24) is 0 Å². The van der Waals surface area contributed by atoms with Crippen molar-refractivity contribution in [2.45, 2.75) is 6.10 Å². The summed E-state index contributed by atoms with van der Waals surface area (Å²) in [7, 11) is 0. The fourth-order valence-electron chi connectivity index (χ4n) is 2.06.